The number of rotatable bonds is 6. The number of aromatic nitrogens is 2. The van der Waals surface area contributed by atoms with Gasteiger partial charge in [-0.1, -0.05) is 0 Å². The molecule has 0 aliphatic rings. The molecule has 126 valence electrons. The lowest BCUT2D eigenvalue weighted by Gasteiger charge is -2.09. The Bertz CT molecular complexity index is 800. The van der Waals surface area contributed by atoms with Crippen molar-refractivity contribution in [2.75, 3.05) is 12.4 Å². The smallest absolute Gasteiger partial charge is 0.328 e. The molecule has 1 unspecified atom stereocenters. The number of aliphatic carboxylic acids is 1. The fraction of sp³-hybridized carbons (Fsp3) is 0.214. The van der Waals surface area contributed by atoms with Crippen molar-refractivity contribution in [3.05, 3.63) is 46.3 Å². The molecule has 0 aliphatic carbocycles. The van der Waals surface area contributed by atoms with E-state index in [1.54, 1.807) is 0 Å². The van der Waals surface area contributed by atoms with E-state index in [1.807, 2.05) is 0 Å². The van der Waals surface area contributed by atoms with Crippen molar-refractivity contribution in [2.45, 2.75) is 13.0 Å². The highest BCUT2D eigenvalue weighted by molar-refractivity contribution is 6.03. The molecule has 0 radical (unpaired) electrons. The third-order valence-electron chi connectivity index (χ3n) is 3.24. The summed E-state index contributed by atoms with van der Waals surface area (Å²) in [5.74, 6) is -1.56. The van der Waals surface area contributed by atoms with Gasteiger partial charge in [0, 0.05) is 12.3 Å². The molecule has 1 atom stereocenters. The van der Waals surface area contributed by atoms with Crippen LogP contribution in [0, 0.1) is 10.1 Å². The summed E-state index contributed by atoms with van der Waals surface area (Å²) >= 11 is 0. The lowest BCUT2D eigenvalue weighted by Crippen LogP contribution is -2.18. The number of hydrogen-bond acceptors (Lipinski definition) is 6. The summed E-state index contributed by atoms with van der Waals surface area (Å²) in [5.41, 5.74) is 0.0573. The predicted octanol–water partition coefficient (Wildman–Crippen LogP) is 1.70. The minimum absolute atomic E-state index is 0.00325. The monoisotopic (exact) mass is 334 g/mol. The Kier molecular flexibility index (Phi) is 4.78. The number of benzene rings is 1. The average molecular weight is 334 g/mol. The highest BCUT2D eigenvalue weighted by atomic mass is 16.6. The van der Waals surface area contributed by atoms with E-state index >= 15 is 0 Å². The first-order valence-corrected chi connectivity index (χ1v) is 6.75. The maximum absolute atomic E-state index is 12.2. The van der Waals surface area contributed by atoms with Crippen LogP contribution >= 0.6 is 0 Å². The number of hydrogen-bond donors (Lipinski definition) is 2. The van der Waals surface area contributed by atoms with Gasteiger partial charge in [0.25, 0.3) is 11.6 Å². The van der Waals surface area contributed by atoms with Gasteiger partial charge in [-0.2, -0.15) is 5.10 Å². The topological polar surface area (TPSA) is 137 Å². The molecule has 10 nitrogen and oxygen atoms in total. The number of carboxylic acids is 1. The molecule has 1 heterocycles. The van der Waals surface area contributed by atoms with Gasteiger partial charge in [0.1, 0.15) is 11.8 Å². The molecule has 0 saturated carbocycles. The van der Waals surface area contributed by atoms with E-state index in [2.05, 4.69) is 10.4 Å². The van der Waals surface area contributed by atoms with Crippen molar-refractivity contribution in [2.24, 2.45) is 0 Å². The first-order valence-electron chi connectivity index (χ1n) is 6.75. The second-order valence-corrected chi connectivity index (χ2v) is 4.79. The second kappa shape index (κ2) is 6.77. The summed E-state index contributed by atoms with van der Waals surface area (Å²) in [4.78, 5) is 33.3. The molecular formula is C14H14N4O6. The predicted molar refractivity (Wildman–Crippen MR) is 82.2 cm³/mol. The van der Waals surface area contributed by atoms with Gasteiger partial charge in [0.05, 0.1) is 23.8 Å². The van der Waals surface area contributed by atoms with Gasteiger partial charge in [-0.25, -0.2) is 4.79 Å². The van der Waals surface area contributed by atoms with Crippen LogP contribution in [0.4, 0.5) is 11.4 Å². The fourth-order valence-electron chi connectivity index (χ4n) is 1.87. The summed E-state index contributed by atoms with van der Waals surface area (Å²) in [6.45, 7) is 1.43. The SMILES string of the molecule is COc1cc([N+](=O)[O-])ccc1NC(=O)c1ccn(C(C)C(=O)O)n1. The number of amides is 1. The third-order valence-corrected chi connectivity index (χ3v) is 3.24. The number of carbonyl (C=O) groups excluding carboxylic acids is 1. The van der Waals surface area contributed by atoms with Crippen LogP contribution in [0.5, 0.6) is 5.75 Å². The number of nitro groups is 1. The van der Waals surface area contributed by atoms with Crippen molar-refractivity contribution < 1.29 is 24.4 Å². The van der Waals surface area contributed by atoms with Gasteiger partial charge in [-0.15, -0.1) is 0 Å². The number of methoxy groups -OCH3 is 1. The van der Waals surface area contributed by atoms with Crippen molar-refractivity contribution in [1.82, 2.24) is 9.78 Å². The van der Waals surface area contributed by atoms with Crippen LogP contribution in [-0.4, -0.2) is 38.8 Å². The van der Waals surface area contributed by atoms with Crippen LogP contribution < -0.4 is 10.1 Å². The number of ether oxygens (including phenoxy) is 1. The van der Waals surface area contributed by atoms with E-state index in [1.165, 1.54) is 44.5 Å². The molecule has 2 aromatic rings. The summed E-state index contributed by atoms with van der Waals surface area (Å²) in [5, 5.41) is 26.1. The van der Waals surface area contributed by atoms with E-state index < -0.39 is 22.8 Å². The minimum atomic E-state index is -1.08. The molecule has 0 spiro atoms. The minimum Gasteiger partial charge on any atom is -0.494 e. The van der Waals surface area contributed by atoms with Crippen LogP contribution in [0.15, 0.2) is 30.5 Å². The Morgan fingerprint density at radius 1 is 1.42 bits per heavy atom. The van der Waals surface area contributed by atoms with E-state index in [9.17, 15) is 19.7 Å². The Morgan fingerprint density at radius 3 is 2.71 bits per heavy atom. The highest BCUT2D eigenvalue weighted by Crippen LogP contribution is 2.29. The maximum Gasteiger partial charge on any atom is 0.328 e. The molecule has 10 heteroatoms. The zero-order chi connectivity index (χ0) is 17.9. The molecule has 1 aromatic carbocycles. The van der Waals surface area contributed by atoms with Gasteiger partial charge >= 0.3 is 5.97 Å². The maximum atomic E-state index is 12.2. The number of carbonyl (C=O) groups is 2. The quantitative estimate of drug-likeness (QED) is 0.606. The third kappa shape index (κ3) is 3.48. The van der Waals surface area contributed by atoms with Crippen molar-refractivity contribution >= 4 is 23.3 Å². The summed E-state index contributed by atoms with van der Waals surface area (Å²) in [7, 11) is 1.32. The molecule has 1 amide bonds. The molecule has 0 saturated heterocycles. The summed E-state index contributed by atoms with van der Waals surface area (Å²) in [6.07, 6.45) is 1.38. The number of carboxylic acid groups (broad SMARTS) is 1. The zero-order valence-corrected chi connectivity index (χ0v) is 12.8. The van der Waals surface area contributed by atoms with Gasteiger partial charge in [0.15, 0.2) is 5.69 Å². The normalized spacial score (nSPS) is 11.6. The summed E-state index contributed by atoms with van der Waals surface area (Å²) in [6, 6.07) is 4.20. The lowest BCUT2D eigenvalue weighted by atomic mass is 10.2. The van der Waals surface area contributed by atoms with Crippen LogP contribution in [-0.2, 0) is 4.79 Å². The number of nitrogens with zero attached hydrogens (tertiary/aromatic N) is 3. The Hall–Kier alpha value is -3.43. The van der Waals surface area contributed by atoms with Crippen molar-refractivity contribution in [3.8, 4) is 5.75 Å². The zero-order valence-electron chi connectivity index (χ0n) is 12.8. The van der Waals surface area contributed by atoms with Crippen LogP contribution in [0.2, 0.25) is 0 Å². The van der Waals surface area contributed by atoms with Gasteiger partial charge < -0.3 is 15.2 Å². The van der Waals surface area contributed by atoms with Gasteiger partial charge in [0.2, 0.25) is 0 Å². The number of nitrogens with one attached hydrogen (secondary N) is 1. The van der Waals surface area contributed by atoms with Crippen molar-refractivity contribution in [3.63, 3.8) is 0 Å². The molecule has 0 bridgehead atoms. The van der Waals surface area contributed by atoms with Crippen LogP contribution in [0.1, 0.15) is 23.5 Å². The molecule has 0 aliphatic heterocycles. The van der Waals surface area contributed by atoms with Gasteiger partial charge in [-0.05, 0) is 19.1 Å². The molecule has 2 rings (SSSR count). The average Bonchev–Trinajstić information content (AvgIpc) is 3.04. The van der Waals surface area contributed by atoms with Crippen molar-refractivity contribution in [1.29, 1.82) is 0 Å². The Balaban J connectivity index is 2.21. The molecule has 2 N–H and O–H groups in total. The van der Waals surface area contributed by atoms with Crippen LogP contribution in [0.25, 0.3) is 0 Å². The number of nitro benzene ring substituents is 1. The molecule has 24 heavy (non-hydrogen) atoms. The lowest BCUT2D eigenvalue weighted by molar-refractivity contribution is -0.384. The number of anilines is 1. The Labute approximate surface area is 135 Å². The Morgan fingerprint density at radius 2 is 2.12 bits per heavy atom. The molecular weight excluding hydrogens is 320 g/mol. The van der Waals surface area contributed by atoms with E-state index in [4.69, 9.17) is 9.84 Å². The van der Waals surface area contributed by atoms with Crippen LogP contribution in [0.3, 0.4) is 0 Å². The second-order valence-electron chi connectivity index (χ2n) is 4.79. The first-order chi connectivity index (χ1) is 11.3. The molecule has 1 aromatic heterocycles. The first kappa shape index (κ1) is 16.9. The standard InChI is InChI=1S/C14H14N4O6/c1-8(14(20)21)17-6-5-11(16-17)13(19)15-10-4-3-9(18(22)23)7-12(10)24-2/h3-8H,1-2H3,(H,15,19)(H,20,21). The largest absolute Gasteiger partial charge is 0.494 e. The molecule has 0 fully saturated rings. The van der Waals surface area contributed by atoms with E-state index in [-0.39, 0.29) is 22.8 Å². The highest BCUT2D eigenvalue weighted by Gasteiger charge is 2.18. The van der Waals surface area contributed by atoms with E-state index in [0.29, 0.717) is 0 Å². The number of non-ortho nitro benzene ring substituents is 1. The van der Waals surface area contributed by atoms with E-state index in [0.717, 1.165) is 4.68 Å². The van der Waals surface area contributed by atoms with Gasteiger partial charge in [-0.3, -0.25) is 19.6 Å². The fourth-order valence-corrected chi connectivity index (χ4v) is 1.87. The summed E-state index contributed by atoms with van der Waals surface area (Å²) < 4.78 is 6.17.